The molecule has 0 aromatic heterocycles. The minimum atomic E-state index is -1.03. The van der Waals surface area contributed by atoms with Crippen LogP contribution in [0.4, 0.5) is 4.79 Å². The number of thioether (sulfide) groups is 1. The van der Waals surface area contributed by atoms with Gasteiger partial charge in [0.25, 0.3) is 0 Å². The average molecular weight is 261 g/mol. The highest BCUT2D eigenvalue weighted by Gasteiger charge is 2.35. The van der Waals surface area contributed by atoms with Gasteiger partial charge >= 0.3 is 12.0 Å². The number of aliphatic carboxylic acids is 1. The third-order valence-electron chi connectivity index (χ3n) is 2.41. The van der Waals surface area contributed by atoms with Crippen molar-refractivity contribution in [2.45, 2.75) is 19.0 Å². The molecule has 7 nitrogen and oxygen atoms in total. The Hall–Kier alpha value is -1.44. The summed E-state index contributed by atoms with van der Waals surface area (Å²) in [5, 5.41) is 13.8. The van der Waals surface area contributed by atoms with Gasteiger partial charge < -0.3 is 20.6 Å². The maximum absolute atomic E-state index is 11.7. The molecule has 8 heteroatoms. The first kappa shape index (κ1) is 13.6. The van der Waals surface area contributed by atoms with Crippen LogP contribution in [0, 0.1) is 0 Å². The van der Waals surface area contributed by atoms with Gasteiger partial charge in [-0.15, -0.1) is 11.8 Å². The fraction of sp³-hybridized carbons (Fsp3) is 0.667. The predicted octanol–water partition coefficient (Wildman–Crippen LogP) is -0.710. The summed E-state index contributed by atoms with van der Waals surface area (Å²) in [5.41, 5.74) is 0. The highest BCUT2D eigenvalue weighted by Crippen LogP contribution is 2.20. The van der Waals surface area contributed by atoms with Crippen molar-refractivity contribution in [3.63, 3.8) is 0 Å². The minimum Gasteiger partial charge on any atom is -0.480 e. The number of nitrogens with zero attached hydrogens (tertiary/aromatic N) is 1. The summed E-state index contributed by atoms with van der Waals surface area (Å²) in [6.07, 6.45) is 0. The summed E-state index contributed by atoms with van der Waals surface area (Å²) in [4.78, 5) is 35.1. The highest BCUT2D eigenvalue weighted by molar-refractivity contribution is 7.99. The van der Waals surface area contributed by atoms with E-state index in [4.69, 9.17) is 5.11 Å². The molecule has 96 valence electrons. The first-order valence-electron chi connectivity index (χ1n) is 5.06. The van der Waals surface area contributed by atoms with E-state index in [-0.39, 0.29) is 5.91 Å². The minimum absolute atomic E-state index is 0.322. The number of carbonyl (C=O) groups is 3. The summed E-state index contributed by atoms with van der Waals surface area (Å²) in [6.45, 7) is 1.54. The van der Waals surface area contributed by atoms with Crippen LogP contribution in [0.1, 0.15) is 6.92 Å². The van der Waals surface area contributed by atoms with E-state index in [0.29, 0.717) is 11.6 Å². The molecule has 0 saturated carbocycles. The van der Waals surface area contributed by atoms with E-state index in [2.05, 4.69) is 10.6 Å². The molecule has 2 atom stereocenters. The topological polar surface area (TPSA) is 98.7 Å². The van der Waals surface area contributed by atoms with Gasteiger partial charge in [-0.1, -0.05) is 0 Å². The van der Waals surface area contributed by atoms with Crippen molar-refractivity contribution < 1.29 is 19.5 Å². The van der Waals surface area contributed by atoms with Gasteiger partial charge in [-0.25, -0.2) is 9.59 Å². The van der Waals surface area contributed by atoms with E-state index in [1.165, 1.54) is 30.6 Å². The molecule has 17 heavy (non-hydrogen) atoms. The van der Waals surface area contributed by atoms with Gasteiger partial charge in [-0.2, -0.15) is 0 Å². The Morgan fingerprint density at radius 2 is 2.12 bits per heavy atom. The summed E-state index contributed by atoms with van der Waals surface area (Å²) in [7, 11) is 1.47. The van der Waals surface area contributed by atoms with Crippen LogP contribution in [-0.2, 0) is 9.59 Å². The van der Waals surface area contributed by atoms with Crippen molar-refractivity contribution in [1.82, 2.24) is 15.5 Å². The van der Waals surface area contributed by atoms with Crippen LogP contribution in [0.5, 0.6) is 0 Å². The van der Waals surface area contributed by atoms with E-state index >= 15 is 0 Å². The zero-order chi connectivity index (χ0) is 13.0. The van der Waals surface area contributed by atoms with Crippen LogP contribution < -0.4 is 10.6 Å². The maximum atomic E-state index is 11.7. The fourth-order valence-electron chi connectivity index (χ4n) is 1.40. The zero-order valence-corrected chi connectivity index (χ0v) is 10.4. The molecule has 1 aliphatic heterocycles. The number of urea groups is 1. The largest absolute Gasteiger partial charge is 0.480 e. The quantitative estimate of drug-likeness (QED) is 0.623. The second kappa shape index (κ2) is 5.76. The SMILES string of the molecule is CNC(=O)C(C)NC(=O)N1CSCC1C(=O)O. The molecule has 1 heterocycles. The van der Waals surface area contributed by atoms with E-state index in [0.717, 1.165) is 0 Å². The second-order valence-corrected chi connectivity index (χ2v) is 4.61. The van der Waals surface area contributed by atoms with Gasteiger partial charge in [0, 0.05) is 12.8 Å². The van der Waals surface area contributed by atoms with Crippen LogP contribution in [0.3, 0.4) is 0 Å². The predicted molar refractivity (Wildman–Crippen MR) is 62.6 cm³/mol. The van der Waals surface area contributed by atoms with Crippen LogP contribution in [0.25, 0.3) is 0 Å². The lowest BCUT2D eigenvalue weighted by atomic mass is 10.3. The molecule has 0 aliphatic carbocycles. The van der Waals surface area contributed by atoms with Gasteiger partial charge in [-0.3, -0.25) is 4.79 Å². The lowest BCUT2D eigenvalue weighted by molar-refractivity contribution is -0.140. The molecule has 1 rings (SSSR count). The van der Waals surface area contributed by atoms with Crippen molar-refractivity contribution >= 4 is 29.7 Å². The van der Waals surface area contributed by atoms with Crippen molar-refractivity contribution in [2.75, 3.05) is 18.7 Å². The third-order valence-corrected chi connectivity index (χ3v) is 3.42. The Kier molecular flexibility index (Phi) is 4.62. The molecule has 1 aliphatic rings. The molecule has 1 saturated heterocycles. The monoisotopic (exact) mass is 261 g/mol. The number of hydrogen-bond acceptors (Lipinski definition) is 4. The standard InChI is InChI=1S/C9H15N3O4S/c1-5(7(13)10-2)11-9(16)12-4-17-3-6(12)8(14)15/h5-6H,3-4H2,1-2H3,(H,10,13)(H,11,16)(H,14,15). The van der Waals surface area contributed by atoms with E-state index in [1.807, 2.05) is 0 Å². The van der Waals surface area contributed by atoms with Gasteiger partial charge in [0.1, 0.15) is 12.1 Å². The summed E-state index contributed by atoms with van der Waals surface area (Å²) < 4.78 is 0. The average Bonchev–Trinajstić information content (AvgIpc) is 2.76. The van der Waals surface area contributed by atoms with Gasteiger partial charge in [0.2, 0.25) is 5.91 Å². The molecule has 3 N–H and O–H groups in total. The number of hydrogen-bond donors (Lipinski definition) is 3. The van der Waals surface area contributed by atoms with Crippen LogP contribution >= 0.6 is 11.8 Å². The Labute approximate surface area is 103 Å². The summed E-state index contributed by atoms with van der Waals surface area (Å²) in [6, 6.07) is -2.04. The maximum Gasteiger partial charge on any atom is 0.327 e. The summed E-state index contributed by atoms with van der Waals surface area (Å²) >= 11 is 1.37. The molecule has 0 aromatic rings. The van der Waals surface area contributed by atoms with Gasteiger partial charge in [-0.05, 0) is 6.92 Å². The zero-order valence-electron chi connectivity index (χ0n) is 9.60. The van der Waals surface area contributed by atoms with E-state index < -0.39 is 24.1 Å². The summed E-state index contributed by atoms with van der Waals surface area (Å²) in [5.74, 6) is -0.657. The molecule has 3 amide bonds. The number of likely N-dealkylation sites (N-methyl/N-ethyl adjacent to an activating group) is 1. The third kappa shape index (κ3) is 3.26. The Morgan fingerprint density at radius 3 is 2.65 bits per heavy atom. The Bertz CT molecular complexity index is 336. The number of rotatable bonds is 3. The van der Waals surface area contributed by atoms with Crippen LogP contribution in [0.15, 0.2) is 0 Å². The van der Waals surface area contributed by atoms with E-state index in [1.54, 1.807) is 0 Å². The highest BCUT2D eigenvalue weighted by atomic mass is 32.2. The number of carbonyl (C=O) groups excluding carboxylic acids is 2. The van der Waals surface area contributed by atoms with Gasteiger partial charge in [0.05, 0.1) is 5.88 Å². The first-order chi connectivity index (χ1) is 7.97. The van der Waals surface area contributed by atoms with Crippen LogP contribution in [0.2, 0.25) is 0 Å². The number of amides is 3. The van der Waals surface area contributed by atoms with Crippen LogP contribution in [-0.4, -0.2) is 58.7 Å². The first-order valence-corrected chi connectivity index (χ1v) is 6.22. The normalized spacial score (nSPS) is 20.8. The van der Waals surface area contributed by atoms with E-state index in [9.17, 15) is 14.4 Å². The lowest BCUT2D eigenvalue weighted by Gasteiger charge is -2.22. The molecule has 0 bridgehead atoms. The second-order valence-electron chi connectivity index (χ2n) is 3.61. The number of carboxylic acid groups (broad SMARTS) is 1. The molecule has 0 aromatic carbocycles. The fourth-order valence-corrected chi connectivity index (χ4v) is 2.54. The lowest BCUT2D eigenvalue weighted by Crippen LogP contribution is -2.52. The van der Waals surface area contributed by atoms with Crippen molar-refractivity contribution in [1.29, 1.82) is 0 Å². The number of nitrogens with one attached hydrogen (secondary N) is 2. The van der Waals surface area contributed by atoms with Crippen molar-refractivity contribution in [2.24, 2.45) is 0 Å². The van der Waals surface area contributed by atoms with Crippen molar-refractivity contribution in [3.8, 4) is 0 Å². The Balaban J connectivity index is 2.58. The molecular formula is C9H15N3O4S. The van der Waals surface area contributed by atoms with Gasteiger partial charge in [0.15, 0.2) is 0 Å². The van der Waals surface area contributed by atoms with Crippen molar-refractivity contribution in [3.05, 3.63) is 0 Å². The molecule has 0 spiro atoms. The smallest absolute Gasteiger partial charge is 0.327 e. The molecule has 0 radical (unpaired) electrons. The molecule has 2 unspecified atom stereocenters. The molecule has 1 fully saturated rings. The number of carboxylic acids is 1. The molecular weight excluding hydrogens is 246 g/mol. The Morgan fingerprint density at radius 1 is 1.47 bits per heavy atom.